The Balaban J connectivity index is 1.69. The lowest BCUT2D eigenvalue weighted by Crippen LogP contribution is -2.27. The van der Waals surface area contributed by atoms with Crippen molar-refractivity contribution in [2.75, 3.05) is 17.2 Å². The zero-order valence-corrected chi connectivity index (χ0v) is 19.9. The number of carbonyl (C=O) groups excluding carboxylic acids is 2. The van der Waals surface area contributed by atoms with Crippen LogP contribution in [0.1, 0.15) is 55.6 Å². The number of hydrogen-bond donors (Lipinski definition) is 2. The van der Waals surface area contributed by atoms with Gasteiger partial charge in [0.05, 0.1) is 16.9 Å². The fourth-order valence-electron chi connectivity index (χ4n) is 4.04. The van der Waals surface area contributed by atoms with E-state index < -0.39 is 29.7 Å². The summed E-state index contributed by atoms with van der Waals surface area (Å²) in [4.78, 5) is 24.7. The molecular weight excluding hydrogens is 449 g/mol. The standard InChI is InChI=1S/C24H31F3N4O3/c1-14(2)13-31-16(4)18(15(3)30-31)8-10-22(32)29-20-9-7-17(12-19(20)24(25,26)27)28-23(33)21-6-5-11-34-21/h7,9,12,14,21H,5-6,8,10-11,13H2,1-4H3,(H,28,33)(H,29,32). The summed E-state index contributed by atoms with van der Waals surface area (Å²) in [7, 11) is 0. The number of anilines is 2. The third kappa shape index (κ3) is 6.37. The van der Waals surface area contributed by atoms with Crippen LogP contribution in [0.3, 0.4) is 0 Å². The van der Waals surface area contributed by atoms with Gasteiger partial charge in [0, 0.05) is 31.0 Å². The molecule has 0 radical (unpaired) electrons. The zero-order valence-electron chi connectivity index (χ0n) is 19.9. The van der Waals surface area contributed by atoms with E-state index in [4.69, 9.17) is 4.74 Å². The highest BCUT2D eigenvalue weighted by molar-refractivity contribution is 5.96. The number of aromatic nitrogens is 2. The van der Waals surface area contributed by atoms with Gasteiger partial charge >= 0.3 is 6.18 Å². The van der Waals surface area contributed by atoms with Crippen LogP contribution in [0, 0.1) is 19.8 Å². The van der Waals surface area contributed by atoms with Gasteiger partial charge in [-0.15, -0.1) is 0 Å². The molecule has 1 aromatic carbocycles. The number of halogens is 3. The van der Waals surface area contributed by atoms with E-state index in [9.17, 15) is 22.8 Å². The molecule has 0 saturated carbocycles. The third-order valence-electron chi connectivity index (χ3n) is 5.76. The quantitative estimate of drug-likeness (QED) is 0.565. The van der Waals surface area contributed by atoms with Crippen molar-refractivity contribution in [2.45, 2.75) is 72.2 Å². The summed E-state index contributed by atoms with van der Waals surface area (Å²) < 4.78 is 48.2. The number of alkyl halides is 3. The van der Waals surface area contributed by atoms with Crippen molar-refractivity contribution < 1.29 is 27.5 Å². The van der Waals surface area contributed by atoms with E-state index in [0.717, 1.165) is 42.0 Å². The number of amides is 2. The van der Waals surface area contributed by atoms with Gasteiger partial charge in [0.15, 0.2) is 0 Å². The van der Waals surface area contributed by atoms with E-state index in [2.05, 4.69) is 29.6 Å². The van der Waals surface area contributed by atoms with Gasteiger partial charge in [0.2, 0.25) is 5.91 Å². The normalized spacial score (nSPS) is 16.2. The predicted octanol–water partition coefficient (Wildman–Crippen LogP) is 4.86. The van der Waals surface area contributed by atoms with Crippen molar-refractivity contribution in [3.63, 3.8) is 0 Å². The molecule has 3 rings (SSSR count). The summed E-state index contributed by atoms with van der Waals surface area (Å²) in [6, 6.07) is 3.32. The molecule has 1 atom stereocenters. The summed E-state index contributed by atoms with van der Waals surface area (Å²) in [5.41, 5.74) is 1.32. The monoisotopic (exact) mass is 480 g/mol. The second-order valence-corrected chi connectivity index (χ2v) is 9.02. The number of aryl methyl sites for hydroxylation is 1. The van der Waals surface area contributed by atoms with Gasteiger partial charge in [-0.2, -0.15) is 18.3 Å². The fourth-order valence-corrected chi connectivity index (χ4v) is 4.04. The van der Waals surface area contributed by atoms with Crippen LogP contribution in [0.15, 0.2) is 18.2 Å². The molecule has 0 aliphatic carbocycles. The summed E-state index contributed by atoms with van der Waals surface area (Å²) in [6.07, 6.45) is -3.72. The fraction of sp³-hybridized carbons (Fsp3) is 0.542. The van der Waals surface area contributed by atoms with Crippen molar-refractivity contribution in [3.05, 3.63) is 40.7 Å². The molecule has 1 aromatic heterocycles. The molecule has 2 amide bonds. The number of nitrogens with zero attached hydrogens (tertiary/aromatic N) is 2. The molecule has 34 heavy (non-hydrogen) atoms. The Hall–Kier alpha value is -2.88. The van der Waals surface area contributed by atoms with Crippen molar-refractivity contribution in [3.8, 4) is 0 Å². The van der Waals surface area contributed by atoms with E-state index >= 15 is 0 Å². The minimum atomic E-state index is -4.71. The molecule has 2 heterocycles. The van der Waals surface area contributed by atoms with Crippen LogP contribution in [-0.2, 0) is 33.5 Å². The molecule has 186 valence electrons. The highest BCUT2D eigenvalue weighted by atomic mass is 19.4. The number of ether oxygens (including phenoxy) is 1. The largest absolute Gasteiger partial charge is 0.418 e. The van der Waals surface area contributed by atoms with Crippen molar-refractivity contribution in [2.24, 2.45) is 5.92 Å². The van der Waals surface area contributed by atoms with Crippen molar-refractivity contribution >= 4 is 23.2 Å². The molecule has 1 aliphatic rings. The average molecular weight is 481 g/mol. The first-order valence-corrected chi connectivity index (χ1v) is 11.4. The topological polar surface area (TPSA) is 85.3 Å². The zero-order chi connectivity index (χ0) is 25.0. The van der Waals surface area contributed by atoms with E-state index in [1.807, 2.05) is 18.5 Å². The lowest BCUT2D eigenvalue weighted by atomic mass is 10.1. The van der Waals surface area contributed by atoms with Crippen LogP contribution in [0.2, 0.25) is 0 Å². The molecule has 1 fully saturated rings. The second kappa shape index (κ2) is 10.6. The average Bonchev–Trinajstić information content (AvgIpc) is 3.36. The molecular formula is C24H31F3N4O3. The van der Waals surface area contributed by atoms with Crippen molar-refractivity contribution in [1.29, 1.82) is 0 Å². The van der Waals surface area contributed by atoms with Gasteiger partial charge in [0.25, 0.3) is 5.91 Å². The maximum absolute atomic E-state index is 13.7. The molecule has 1 saturated heterocycles. The molecule has 1 aliphatic heterocycles. The van der Waals surface area contributed by atoms with E-state index in [1.165, 1.54) is 6.07 Å². The molecule has 7 nitrogen and oxygen atoms in total. The lowest BCUT2D eigenvalue weighted by Gasteiger charge is -2.17. The molecule has 0 bridgehead atoms. The molecule has 10 heteroatoms. The Labute approximate surface area is 197 Å². The van der Waals surface area contributed by atoms with E-state index in [-0.39, 0.29) is 17.8 Å². The first-order chi connectivity index (χ1) is 16.0. The highest BCUT2D eigenvalue weighted by Gasteiger charge is 2.35. The molecule has 0 spiro atoms. The van der Waals surface area contributed by atoms with Crippen molar-refractivity contribution in [1.82, 2.24) is 9.78 Å². The number of rotatable bonds is 8. The minimum Gasteiger partial charge on any atom is -0.368 e. The van der Waals surface area contributed by atoms with Gasteiger partial charge in [-0.3, -0.25) is 14.3 Å². The van der Waals surface area contributed by atoms with Gasteiger partial charge in [-0.05, 0) is 62.8 Å². The van der Waals surface area contributed by atoms with Gasteiger partial charge in [-0.25, -0.2) is 0 Å². The van der Waals surface area contributed by atoms with Gasteiger partial charge in [0.1, 0.15) is 6.10 Å². The lowest BCUT2D eigenvalue weighted by molar-refractivity contribution is -0.137. The Morgan fingerprint density at radius 3 is 2.59 bits per heavy atom. The Bertz CT molecular complexity index is 1040. The van der Waals surface area contributed by atoms with Crippen LogP contribution >= 0.6 is 0 Å². The van der Waals surface area contributed by atoms with E-state index in [1.54, 1.807) is 0 Å². The highest BCUT2D eigenvalue weighted by Crippen LogP contribution is 2.37. The Kier molecular flexibility index (Phi) is 8.01. The van der Waals surface area contributed by atoms with Gasteiger partial charge < -0.3 is 15.4 Å². The maximum atomic E-state index is 13.7. The third-order valence-corrected chi connectivity index (χ3v) is 5.76. The van der Waals surface area contributed by atoms with Crippen LogP contribution in [0.4, 0.5) is 24.5 Å². The summed E-state index contributed by atoms with van der Waals surface area (Å²) in [5.74, 6) is -0.600. The summed E-state index contributed by atoms with van der Waals surface area (Å²) in [6.45, 7) is 9.17. The number of nitrogens with one attached hydrogen (secondary N) is 2. The van der Waals surface area contributed by atoms with E-state index in [0.29, 0.717) is 25.4 Å². The van der Waals surface area contributed by atoms with Crippen LogP contribution in [0.5, 0.6) is 0 Å². The second-order valence-electron chi connectivity index (χ2n) is 9.02. The number of hydrogen-bond acceptors (Lipinski definition) is 4. The maximum Gasteiger partial charge on any atom is 0.418 e. The number of benzene rings is 1. The first kappa shape index (κ1) is 25.7. The van der Waals surface area contributed by atoms with Crippen LogP contribution < -0.4 is 10.6 Å². The molecule has 1 unspecified atom stereocenters. The van der Waals surface area contributed by atoms with Crippen LogP contribution in [-0.4, -0.2) is 34.3 Å². The minimum absolute atomic E-state index is 0.00496. The Morgan fingerprint density at radius 2 is 1.97 bits per heavy atom. The smallest absolute Gasteiger partial charge is 0.368 e. The summed E-state index contributed by atoms with van der Waals surface area (Å²) in [5, 5.41) is 9.36. The molecule has 2 aromatic rings. The predicted molar refractivity (Wildman–Crippen MR) is 123 cm³/mol. The SMILES string of the molecule is Cc1nn(CC(C)C)c(C)c1CCC(=O)Nc1ccc(NC(=O)C2CCCO2)cc1C(F)(F)F. The molecule has 2 N–H and O–H groups in total. The van der Waals surface area contributed by atoms with Gasteiger partial charge in [-0.1, -0.05) is 13.8 Å². The van der Waals surface area contributed by atoms with Crippen LogP contribution in [0.25, 0.3) is 0 Å². The Morgan fingerprint density at radius 1 is 1.24 bits per heavy atom. The summed E-state index contributed by atoms with van der Waals surface area (Å²) >= 11 is 0. The first-order valence-electron chi connectivity index (χ1n) is 11.4. The number of carbonyl (C=O) groups is 2.